The van der Waals surface area contributed by atoms with Gasteiger partial charge in [-0.1, -0.05) is 13.8 Å². The summed E-state index contributed by atoms with van der Waals surface area (Å²) in [5.41, 5.74) is 7.86. The Morgan fingerprint density at radius 3 is 2.32 bits per heavy atom. The van der Waals surface area contributed by atoms with Crippen LogP contribution in [0.5, 0.6) is 11.5 Å². The van der Waals surface area contributed by atoms with Crippen molar-refractivity contribution in [2.45, 2.75) is 27.2 Å². The van der Waals surface area contributed by atoms with Crippen molar-refractivity contribution in [1.29, 1.82) is 0 Å². The first kappa shape index (κ1) is 17.9. The Balaban J connectivity index is 3.26. The van der Waals surface area contributed by atoms with Crippen LogP contribution in [0.4, 0.5) is 5.69 Å². The fourth-order valence-corrected chi connectivity index (χ4v) is 2.09. The molecule has 0 atom stereocenters. The van der Waals surface area contributed by atoms with Crippen molar-refractivity contribution in [2.75, 3.05) is 26.6 Å². The zero-order valence-electron chi connectivity index (χ0n) is 13.9. The summed E-state index contributed by atoms with van der Waals surface area (Å²) in [4.78, 5) is 12.1. The molecule has 0 aliphatic rings. The van der Waals surface area contributed by atoms with Crippen LogP contribution in [0.25, 0.3) is 6.08 Å². The van der Waals surface area contributed by atoms with Crippen molar-refractivity contribution >= 4 is 17.7 Å². The number of anilines is 1. The molecule has 0 amide bonds. The van der Waals surface area contributed by atoms with Gasteiger partial charge in [-0.25, -0.2) is 4.79 Å². The van der Waals surface area contributed by atoms with E-state index in [2.05, 4.69) is 0 Å². The minimum atomic E-state index is -0.314. The normalized spacial score (nSPS) is 11.5. The number of carbonyl (C=O) groups is 1. The second-order valence-corrected chi connectivity index (χ2v) is 5.32. The Labute approximate surface area is 132 Å². The summed E-state index contributed by atoms with van der Waals surface area (Å²) in [6, 6.07) is 3.44. The van der Waals surface area contributed by atoms with Crippen LogP contribution in [0.3, 0.4) is 0 Å². The highest BCUT2D eigenvalue weighted by Crippen LogP contribution is 2.33. The number of carbonyl (C=O) groups excluding carboxylic acids is 1. The molecular weight excluding hydrogens is 282 g/mol. The molecule has 0 spiro atoms. The van der Waals surface area contributed by atoms with Gasteiger partial charge >= 0.3 is 5.97 Å². The number of methoxy groups -OCH3 is 2. The molecule has 122 valence electrons. The number of esters is 1. The summed E-state index contributed by atoms with van der Waals surface area (Å²) in [6.45, 7) is 6.22. The fourth-order valence-electron chi connectivity index (χ4n) is 2.09. The van der Waals surface area contributed by atoms with Crippen LogP contribution < -0.4 is 15.2 Å². The lowest BCUT2D eigenvalue weighted by Crippen LogP contribution is -2.10. The average molecular weight is 307 g/mol. The molecule has 2 N–H and O–H groups in total. The van der Waals surface area contributed by atoms with Gasteiger partial charge < -0.3 is 19.9 Å². The molecule has 5 heteroatoms. The molecule has 1 aromatic rings. The van der Waals surface area contributed by atoms with Crippen molar-refractivity contribution in [2.24, 2.45) is 5.92 Å². The van der Waals surface area contributed by atoms with Gasteiger partial charge in [0.15, 0.2) is 11.5 Å². The highest BCUT2D eigenvalue weighted by molar-refractivity contribution is 5.94. The first-order valence-electron chi connectivity index (χ1n) is 7.32. The fraction of sp³-hybridized carbons (Fsp3) is 0.471. The van der Waals surface area contributed by atoms with Crippen LogP contribution in [0, 0.1) is 5.92 Å². The molecule has 5 nitrogen and oxygen atoms in total. The molecule has 0 radical (unpaired) electrons. The van der Waals surface area contributed by atoms with Gasteiger partial charge in [-0.15, -0.1) is 0 Å². The van der Waals surface area contributed by atoms with Gasteiger partial charge in [0.05, 0.1) is 20.8 Å². The first-order chi connectivity index (χ1) is 10.4. The number of nitrogen functional groups attached to an aromatic ring is 1. The molecular formula is C17H25NO4. The van der Waals surface area contributed by atoms with E-state index in [4.69, 9.17) is 19.9 Å². The van der Waals surface area contributed by atoms with Crippen LogP contribution in [0.2, 0.25) is 0 Å². The van der Waals surface area contributed by atoms with Gasteiger partial charge in [-0.2, -0.15) is 0 Å². The molecule has 22 heavy (non-hydrogen) atoms. The summed E-state index contributed by atoms with van der Waals surface area (Å²) in [7, 11) is 3.11. The average Bonchev–Trinajstić information content (AvgIpc) is 2.47. The standard InChI is InChI=1S/C17H25NO4/c1-6-22-17(19)13(7-11(2)3)8-12-9-15(20-4)16(21-5)10-14(12)18/h8-11H,6-7,18H2,1-5H3/b13-8+. The van der Waals surface area contributed by atoms with Crippen LogP contribution in [-0.4, -0.2) is 26.8 Å². The van der Waals surface area contributed by atoms with Gasteiger partial charge in [0.25, 0.3) is 0 Å². The molecule has 0 saturated carbocycles. The van der Waals surface area contributed by atoms with E-state index in [0.29, 0.717) is 47.3 Å². The van der Waals surface area contributed by atoms with Crippen molar-refractivity contribution in [1.82, 2.24) is 0 Å². The molecule has 1 rings (SSSR count). The SMILES string of the molecule is CCOC(=O)/C(=C/c1cc(OC)c(OC)cc1N)CC(C)C. The molecule has 0 unspecified atom stereocenters. The van der Waals surface area contributed by atoms with Gasteiger partial charge in [0, 0.05) is 22.9 Å². The molecule has 0 fully saturated rings. The summed E-state index contributed by atoms with van der Waals surface area (Å²) in [6.07, 6.45) is 2.38. The second kappa shape index (κ2) is 8.32. The lowest BCUT2D eigenvalue weighted by molar-refractivity contribution is -0.138. The number of ether oxygens (including phenoxy) is 3. The van der Waals surface area contributed by atoms with E-state index in [1.54, 1.807) is 39.4 Å². The number of benzene rings is 1. The minimum Gasteiger partial charge on any atom is -0.493 e. The summed E-state index contributed by atoms with van der Waals surface area (Å²) >= 11 is 0. The largest absolute Gasteiger partial charge is 0.493 e. The van der Waals surface area contributed by atoms with Crippen molar-refractivity contribution in [3.63, 3.8) is 0 Å². The third-order valence-corrected chi connectivity index (χ3v) is 3.08. The third-order valence-electron chi connectivity index (χ3n) is 3.08. The van der Waals surface area contributed by atoms with Crippen molar-refractivity contribution in [3.8, 4) is 11.5 Å². The highest BCUT2D eigenvalue weighted by Gasteiger charge is 2.15. The van der Waals surface area contributed by atoms with Crippen LogP contribution in [-0.2, 0) is 9.53 Å². The van der Waals surface area contributed by atoms with E-state index in [0.717, 1.165) is 0 Å². The number of rotatable bonds is 7. The summed E-state index contributed by atoms with van der Waals surface area (Å²) in [5.74, 6) is 1.14. The van der Waals surface area contributed by atoms with E-state index in [1.807, 2.05) is 13.8 Å². The maximum Gasteiger partial charge on any atom is 0.334 e. The smallest absolute Gasteiger partial charge is 0.334 e. The number of hydrogen-bond acceptors (Lipinski definition) is 5. The molecule has 1 aromatic carbocycles. The Kier molecular flexibility index (Phi) is 6.76. The Morgan fingerprint density at radius 2 is 1.82 bits per heavy atom. The van der Waals surface area contributed by atoms with E-state index in [-0.39, 0.29) is 5.97 Å². The predicted octanol–water partition coefficient (Wildman–Crippen LogP) is 3.28. The number of nitrogens with two attached hydrogens (primary N) is 1. The molecule has 0 heterocycles. The lowest BCUT2D eigenvalue weighted by Gasteiger charge is -2.13. The topological polar surface area (TPSA) is 70.8 Å². The highest BCUT2D eigenvalue weighted by atomic mass is 16.5. The maximum absolute atomic E-state index is 12.1. The molecule has 0 saturated heterocycles. The predicted molar refractivity (Wildman–Crippen MR) is 88.0 cm³/mol. The Bertz CT molecular complexity index is 550. The third kappa shape index (κ3) is 4.69. The zero-order valence-corrected chi connectivity index (χ0v) is 13.9. The van der Waals surface area contributed by atoms with Crippen molar-refractivity contribution in [3.05, 3.63) is 23.3 Å². The van der Waals surface area contributed by atoms with Gasteiger partial charge in [-0.3, -0.25) is 0 Å². The summed E-state index contributed by atoms with van der Waals surface area (Å²) in [5, 5.41) is 0. The minimum absolute atomic E-state index is 0.314. The van der Waals surface area contributed by atoms with Crippen LogP contribution >= 0.6 is 0 Å². The van der Waals surface area contributed by atoms with Crippen molar-refractivity contribution < 1.29 is 19.0 Å². The molecule has 0 bridgehead atoms. The Morgan fingerprint density at radius 1 is 1.23 bits per heavy atom. The van der Waals surface area contributed by atoms with E-state index >= 15 is 0 Å². The maximum atomic E-state index is 12.1. The molecule has 0 aromatic heterocycles. The molecule has 0 aliphatic heterocycles. The van der Waals surface area contributed by atoms with E-state index in [9.17, 15) is 4.79 Å². The first-order valence-corrected chi connectivity index (χ1v) is 7.32. The van der Waals surface area contributed by atoms with E-state index < -0.39 is 0 Å². The quantitative estimate of drug-likeness (QED) is 0.475. The monoisotopic (exact) mass is 307 g/mol. The lowest BCUT2D eigenvalue weighted by atomic mass is 10.00. The van der Waals surface area contributed by atoms with Gasteiger partial charge in [0.1, 0.15) is 0 Å². The van der Waals surface area contributed by atoms with E-state index in [1.165, 1.54) is 0 Å². The second-order valence-electron chi connectivity index (χ2n) is 5.32. The van der Waals surface area contributed by atoms with Crippen LogP contribution in [0.15, 0.2) is 17.7 Å². The Hall–Kier alpha value is -2.17. The van der Waals surface area contributed by atoms with Gasteiger partial charge in [0.2, 0.25) is 0 Å². The van der Waals surface area contributed by atoms with Crippen LogP contribution in [0.1, 0.15) is 32.8 Å². The zero-order chi connectivity index (χ0) is 16.7. The summed E-state index contributed by atoms with van der Waals surface area (Å²) < 4.78 is 15.6. The molecule has 0 aliphatic carbocycles. The van der Waals surface area contributed by atoms with Gasteiger partial charge in [-0.05, 0) is 31.4 Å². The number of hydrogen-bond donors (Lipinski definition) is 1.